The van der Waals surface area contributed by atoms with Crippen molar-refractivity contribution in [3.8, 4) is 0 Å². The molecule has 5 nitrogen and oxygen atoms in total. The molecule has 0 radical (unpaired) electrons. The molecule has 0 spiro atoms. The topological polar surface area (TPSA) is 49.3 Å². The predicted octanol–water partition coefficient (Wildman–Crippen LogP) is 2.70. The molecule has 0 bridgehead atoms. The van der Waals surface area contributed by atoms with Crippen LogP contribution in [-0.4, -0.2) is 47.0 Å². The van der Waals surface area contributed by atoms with Crippen LogP contribution in [-0.2, 0) is 11.2 Å². The minimum atomic E-state index is 0.127. The Morgan fingerprint density at radius 3 is 2.91 bits per heavy atom. The third kappa shape index (κ3) is 2.69. The van der Waals surface area contributed by atoms with Gasteiger partial charge in [0.15, 0.2) is 0 Å². The van der Waals surface area contributed by atoms with E-state index in [-0.39, 0.29) is 5.92 Å². The SMILES string of the molecule is CCc1cc2c(N3CCC(C(=O)N4CCCC4)C3)ncnc2s1. The van der Waals surface area contributed by atoms with Crippen molar-refractivity contribution in [2.75, 3.05) is 31.1 Å². The van der Waals surface area contributed by atoms with E-state index in [1.165, 1.54) is 4.88 Å². The predicted molar refractivity (Wildman–Crippen MR) is 92.9 cm³/mol. The summed E-state index contributed by atoms with van der Waals surface area (Å²) in [5.41, 5.74) is 0. The third-order valence-corrected chi connectivity index (χ3v) is 6.15. The number of rotatable bonds is 3. The van der Waals surface area contributed by atoms with Crippen molar-refractivity contribution in [1.29, 1.82) is 0 Å². The largest absolute Gasteiger partial charge is 0.355 e. The molecule has 23 heavy (non-hydrogen) atoms. The summed E-state index contributed by atoms with van der Waals surface area (Å²) in [5.74, 6) is 1.47. The Labute approximate surface area is 140 Å². The van der Waals surface area contributed by atoms with Crippen LogP contribution in [0.25, 0.3) is 10.2 Å². The van der Waals surface area contributed by atoms with Gasteiger partial charge in [-0.3, -0.25) is 4.79 Å². The van der Waals surface area contributed by atoms with Gasteiger partial charge in [0.1, 0.15) is 17.0 Å². The van der Waals surface area contributed by atoms with Crippen molar-refractivity contribution in [1.82, 2.24) is 14.9 Å². The normalized spacial score (nSPS) is 21.5. The van der Waals surface area contributed by atoms with Gasteiger partial charge in [0, 0.05) is 31.1 Å². The molecule has 4 rings (SSSR count). The number of anilines is 1. The highest BCUT2D eigenvalue weighted by molar-refractivity contribution is 7.18. The first-order chi connectivity index (χ1) is 11.3. The van der Waals surface area contributed by atoms with Crippen molar-refractivity contribution in [2.45, 2.75) is 32.6 Å². The van der Waals surface area contributed by atoms with Gasteiger partial charge in [0.25, 0.3) is 0 Å². The lowest BCUT2D eigenvalue weighted by Gasteiger charge is -2.21. The first kappa shape index (κ1) is 14.9. The van der Waals surface area contributed by atoms with E-state index in [4.69, 9.17) is 0 Å². The second-order valence-corrected chi connectivity index (χ2v) is 7.56. The van der Waals surface area contributed by atoms with E-state index in [2.05, 4.69) is 27.9 Å². The summed E-state index contributed by atoms with van der Waals surface area (Å²) in [5, 5.41) is 1.14. The summed E-state index contributed by atoms with van der Waals surface area (Å²) in [6.45, 7) is 5.75. The van der Waals surface area contributed by atoms with Gasteiger partial charge in [-0.15, -0.1) is 11.3 Å². The first-order valence-corrected chi connectivity index (χ1v) is 9.35. The number of carbonyl (C=O) groups excluding carboxylic acids is 1. The number of aromatic nitrogens is 2. The van der Waals surface area contributed by atoms with Gasteiger partial charge in [-0.2, -0.15) is 0 Å². The number of amides is 1. The molecule has 2 aliphatic heterocycles. The molecule has 6 heteroatoms. The molecule has 0 aromatic carbocycles. The van der Waals surface area contributed by atoms with Gasteiger partial charge >= 0.3 is 0 Å². The van der Waals surface area contributed by atoms with Crippen LogP contribution in [0.3, 0.4) is 0 Å². The van der Waals surface area contributed by atoms with Crippen molar-refractivity contribution < 1.29 is 4.79 Å². The van der Waals surface area contributed by atoms with Gasteiger partial charge in [0.05, 0.1) is 11.3 Å². The maximum atomic E-state index is 12.6. The highest BCUT2D eigenvalue weighted by Gasteiger charge is 2.33. The number of hydrogen-bond acceptors (Lipinski definition) is 5. The van der Waals surface area contributed by atoms with Crippen molar-refractivity contribution in [3.05, 3.63) is 17.3 Å². The average molecular weight is 330 g/mol. The molecule has 2 saturated heterocycles. The molecule has 2 aromatic rings. The lowest BCUT2D eigenvalue weighted by molar-refractivity contribution is -0.133. The molecule has 2 aromatic heterocycles. The molecule has 0 aliphatic carbocycles. The highest BCUT2D eigenvalue weighted by atomic mass is 32.1. The third-order valence-electron chi connectivity index (χ3n) is 4.96. The van der Waals surface area contributed by atoms with E-state index < -0.39 is 0 Å². The van der Waals surface area contributed by atoms with Crippen LogP contribution < -0.4 is 4.90 Å². The van der Waals surface area contributed by atoms with E-state index >= 15 is 0 Å². The first-order valence-electron chi connectivity index (χ1n) is 8.53. The summed E-state index contributed by atoms with van der Waals surface area (Å²) < 4.78 is 0. The smallest absolute Gasteiger partial charge is 0.227 e. The zero-order chi connectivity index (χ0) is 15.8. The molecule has 1 amide bonds. The fraction of sp³-hybridized carbons (Fsp3) is 0.588. The van der Waals surface area contributed by atoms with E-state index in [1.807, 2.05) is 4.90 Å². The van der Waals surface area contributed by atoms with Gasteiger partial charge in [-0.1, -0.05) is 6.92 Å². The Morgan fingerprint density at radius 2 is 2.13 bits per heavy atom. The summed E-state index contributed by atoms with van der Waals surface area (Å²) in [7, 11) is 0. The molecule has 122 valence electrons. The Bertz CT molecular complexity index is 722. The minimum absolute atomic E-state index is 0.127. The van der Waals surface area contributed by atoms with Crippen LogP contribution >= 0.6 is 11.3 Å². The molecular weight excluding hydrogens is 308 g/mol. The van der Waals surface area contributed by atoms with E-state index in [0.717, 1.165) is 67.9 Å². The van der Waals surface area contributed by atoms with Crippen LogP contribution in [0, 0.1) is 5.92 Å². The summed E-state index contributed by atoms with van der Waals surface area (Å²) in [6, 6.07) is 2.21. The number of aryl methyl sites for hydroxylation is 1. The Morgan fingerprint density at radius 1 is 1.30 bits per heavy atom. The van der Waals surface area contributed by atoms with Gasteiger partial charge in [0.2, 0.25) is 5.91 Å². The highest BCUT2D eigenvalue weighted by Crippen LogP contribution is 2.33. The zero-order valence-corrected chi connectivity index (χ0v) is 14.3. The maximum absolute atomic E-state index is 12.6. The van der Waals surface area contributed by atoms with Crippen LogP contribution in [0.1, 0.15) is 31.1 Å². The molecule has 4 heterocycles. The lowest BCUT2D eigenvalue weighted by Crippen LogP contribution is -2.35. The van der Waals surface area contributed by atoms with E-state index in [9.17, 15) is 4.79 Å². The fourth-order valence-corrected chi connectivity index (χ4v) is 4.60. The number of carbonyl (C=O) groups is 1. The molecule has 0 saturated carbocycles. The maximum Gasteiger partial charge on any atom is 0.227 e. The van der Waals surface area contributed by atoms with Gasteiger partial charge in [-0.05, 0) is 31.7 Å². The Balaban J connectivity index is 1.55. The molecule has 1 unspecified atom stereocenters. The minimum Gasteiger partial charge on any atom is -0.355 e. The van der Waals surface area contributed by atoms with Crippen molar-refractivity contribution in [2.24, 2.45) is 5.92 Å². The van der Waals surface area contributed by atoms with E-state index in [1.54, 1.807) is 17.7 Å². The molecule has 2 aliphatic rings. The van der Waals surface area contributed by atoms with Crippen molar-refractivity contribution in [3.63, 3.8) is 0 Å². The number of likely N-dealkylation sites (tertiary alicyclic amines) is 1. The Hall–Kier alpha value is -1.69. The standard InChI is InChI=1S/C17H22N4OS/c1-2-13-9-14-15(18-11-19-16(14)23-13)21-8-5-12(10-21)17(22)20-6-3-4-7-20/h9,11-12H,2-8,10H2,1H3. The van der Waals surface area contributed by atoms with Crippen LogP contribution in [0.5, 0.6) is 0 Å². The average Bonchev–Trinajstić information content (AvgIpc) is 3.32. The lowest BCUT2D eigenvalue weighted by atomic mass is 10.1. The number of thiophene rings is 1. The fourth-order valence-electron chi connectivity index (χ4n) is 3.67. The van der Waals surface area contributed by atoms with E-state index in [0.29, 0.717) is 5.91 Å². The number of nitrogens with zero attached hydrogens (tertiary/aromatic N) is 4. The second-order valence-electron chi connectivity index (χ2n) is 6.45. The van der Waals surface area contributed by atoms with Gasteiger partial charge in [-0.25, -0.2) is 9.97 Å². The number of hydrogen-bond donors (Lipinski definition) is 0. The summed E-state index contributed by atoms with van der Waals surface area (Å²) >= 11 is 1.74. The summed E-state index contributed by atoms with van der Waals surface area (Å²) in [4.78, 5) is 28.2. The van der Waals surface area contributed by atoms with Gasteiger partial charge < -0.3 is 9.80 Å². The quantitative estimate of drug-likeness (QED) is 0.868. The molecule has 1 atom stereocenters. The monoisotopic (exact) mass is 330 g/mol. The molecular formula is C17H22N4OS. The van der Waals surface area contributed by atoms with Crippen molar-refractivity contribution >= 4 is 33.3 Å². The summed E-state index contributed by atoms with van der Waals surface area (Å²) in [6.07, 6.45) is 5.93. The number of fused-ring (bicyclic) bond motifs is 1. The van der Waals surface area contributed by atoms with Crippen LogP contribution in [0.2, 0.25) is 0 Å². The Kier molecular flexibility index (Phi) is 3.93. The second kappa shape index (κ2) is 6.07. The molecule has 0 N–H and O–H groups in total. The molecule has 2 fully saturated rings. The van der Waals surface area contributed by atoms with Crippen LogP contribution in [0.15, 0.2) is 12.4 Å². The van der Waals surface area contributed by atoms with Crippen LogP contribution in [0.4, 0.5) is 5.82 Å². The zero-order valence-electron chi connectivity index (χ0n) is 13.5.